The van der Waals surface area contributed by atoms with Crippen molar-refractivity contribution in [2.24, 2.45) is 0 Å². The number of hydrogen-bond donors (Lipinski definition) is 1. The molecule has 0 bridgehead atoms. The molecule has 3 nitrogen and oxygen atoms in total. The average molecular weight is 335 g/mol. The lowest BCUT2D eigenvalue weighted by Gasteiger charge is -2.11. The number of anilines is 1. The number of thiocarbonyl (C=S) groups is 1. The van der Waals surface area contributed by atoms with Crippen molar-refractivity contribution in [3.63, 3.8) is 0 Å². The van der Waals surface area contributed by atoms with Gasteiger partial charge >= 0.3 is 0 Å². The van der Waals surface area contributed by atoms with Crippen LogP contribution in [0.1, 0.15) is 22.8 Å². The van der Waals surface area contributed by atoms with Crippen molar-refractivity contribution >= 4 is 28.9 Å². The maximum atomic E-state index is 13.9. The SMILES string of the molecule is CCOC(=S)Cc1cc(NC(=O)c2ccccc2)c(F)cc1F. The maximum absolute atomic E-state index is 13.9. The molecule has 0 fully saturated rings. The number of carbonyl (C=O) groups excluding carboxylic acids is 1. The van der Waals surface area contributed by atoms with E-state index < -0.39 is 17.5 Å². The third kappa shape index (κ3) is 4.56. The molecule has 2 rings (SSSR count). The lowest BCUT2D eigenvalue weighted by atomic mass is 10.1. The summed E-state index contributed by atoms with van der Waals surface area (Å²) in [6, 6.07) is 10.3. The summed E-state index contributed by atoms with van der Waals surface area (Å²) < 4.78 is 32.8. The number of ether oxygens (including phenoxy) is 1. The Bertz CT molecular complexity index is 720. The quantitative estimate of drug-likeness (QED) is 0.835. The Morgan fingerprint density at radius 2 is 1.87 bits per heavy atom. The standard InChI is InChI=1S/C17H15F2NO2S/c1-2-22-16(23)9-12-8-15(14(19)10-13(12)18)20-17(21)11-6-4-3-5-7-11/h3-8,10H,2,9H2,1H3,(H,20,21). The zero-order valence-corrected chi connectivity index (χ0v) is 13.3. The molecule has 23 heavy (non-hydrogen) atoms. The zero-order valence-electron chi connectivity index (χ0n) is 12.4. The van der Waals surface area contributed by atoms with Crippen molar-refractivity contribution < 1.29 is 18.3 Å². The number of amides is 1. The van der Waals surface area contributed by atoms with E-state index in [0.717, 1.165) is 6.07 Å². The number of benzene rings is 2. The molecule has 0 heterocycles. The summed E-state index contributed by atoms with van der Waals surface area (Å²) in [5.74, 6) is -2.06. The molecular formula is C17H15F2NO2S. The molecular weight excluding hydrogens is 320 g/mol. The lowest BCUT2D eigenvalue weighted by molar-refractivity contribution is 0.102. The number of rotatable bonds is 5. The highest BCUT2D eigenvalue weighted by atomic mass is 32.1. The third-order valence-electron chi connectivity index (χ3n) is 3.06. The molecule has 0 aliphatic carbocycles. The number of carbonyl (C=O) groups is 1. The van der Waals surface area contributed by atoms with Crippen LogP contribution in [0.3, 0.4) is 0 Å². The molecule has 0 aliphatic rings. The summed E-state index contributed by atoms with van der Waals surface area (Å²) >= 11 is 4.97. The monoisotopic (exact) mass is 335 g/mol. The van der Waals surface area contributed by atoms with Gasteiger partial charge in [0.2, 0.25) is 0 Å². The van der Waals surface area contributed by atoms with Gasteiger partial charge in [0, 0.05) is 18.1 Å². The summed E-state index contributed by atoms with van der Waals surface area (Å²) in [6.45, 7) is 2.14. The van der Waals surface area contributed by atoms with Gasteiger partial charge in [-0.05, 0) is 42.9 Å². The van der Waals surface area contributed by atoms with E-state index in [1.54, 1.807) is 37.3 Å². The van der Waals surface area contributed by atoms with Crippen LogP contribution in [0.25, 0.3) is 0 Å². The minimum atomic E-state index is -0.849. The Kier molecular flexibility index (Phi) is 5.76. The van der Waals surface area contributed by atoms with Gasteiger partial charge < -0.3 is 10.1 Å². The Balaban J connectivity index is 2.21. The number of hydrogen-bond acceptors (Lipinski definition) is 3. The number of halogens is 2. The van der Waals surface area contributed by atoms with Crippen molar-refractivity contribution in [3.05, 3.63) is 65.2 Å². The van der Waals surface area contributed by atoms with Gasteiger partial charge in [-0.3, -0.25) is 4.79 Å². The van der Waals surface area contributed by atoms with E-state index in [2.05, 4.69) is 5.32 Å². The van der Waals surface area contributed by atoms with Crippen LogP contribution in [0.5, 0.6) is 0 Å². The summed E-state index contributed by atoms with van der Waals surface area (Å²) in [4.78, 5) is 12.1. The minimum absolute atomic E-state index is 0.0312. The minimum Gasteiger partial charge on any atom is -0.487 e. The van der Waals surface area contributed by atoms with Crippen LogP contribution in [0.15, 0.2) is 42.5 Å². The van der Waals surface area contributed by atoms with Crippen LogP contribution in [-0.2, 0) is 11.2 Å². The van der Waals surface area contributed by atoms with E-state index in [4.69, 9.17) is 17.0 Å². The van der Waals surface area contributed by atoms with Crippen molar-refractivity contribution in [3.8, 4) is 0 Å². The van der Waals surface area contributed by atoms with E-state index in [1.165, 1.54) is 6.07 Å². The van der Waals surface area contributed by atoms with E-state index in [9.17, 15) is 13.6 Å². The molecule has 1 N–H and O–H groups in total. The summed E-state index contributed by atoms with van der Waals surface area (Å²) in [5.41, 5.74) is 0.436. The Hall–Kier alpha value is -2.34. The van der Waals surface area contributed by atoms with Crippen LogP contribution in [0.4, 0.5) is 14.5 Å². The van der Waals surface area contributed by atoms with Crippen molar-refractivity contribution in [1.29, 1.82) is 0 Å². The molecule has 0 aliphatic heterocycles. The first-order valence-corrected chi connectivity index (χ1v) is 7.42. The Morgan fingerprint density at radius 1 is 1.17 bits per heavy atom. The number of nitrogens with one attached hydrogen (secondary N) is 1. The summed E-state index contributed by atoms with van der Waals surface area (Å²) in [7, 11) is 0. The maximum Gasteiger partial charge on any atom is 0.255 e. The molecule has 0 unspecified atom stereocenters. The predicted octanol–water partition coefficient (Wildman–Crippen LogP) is 4.12. The van der Waals surface area contributed by atoms with Crippen molar-refractivity contribution in [1.82, 2.24) is 0 Å². The van der Waals surface area contributed by atoms with Gasteiger partial charge in [0.05, 0.1) is 12.3 Å². The molecule has 0 spiro atoms. The van der Waals surface area contributed by atoms with E-state index >= 15 is 0 Å². The fourth-order valence-corrected chi connectivity index (χ4v) is 2.25. The van der Waals surface area contributed by atoms with Crippen LogP contribution < -0.4 is 5.32 Å². The molecule has 0 saturated heterocycles. The van der Waals surface area contributed by atoms with Crippen LogP contribution in [0, 0.1) is 11.6 Å². The van der Waals surface area contributed by atoms with Gasteiger partial charge in [-0.25, -0.2) is 8.78 Å². The second kappa shape index (κ2) is 7.78. The van der Waals surface area contributed by atoms with Crippen molar-refractivity contribution in [2.75, 3.05) is 11.9 Å². The van der Waals surface area contributed by atoms with Gasteiger partial charge in [-0.15, -0.1) is 0 Å². The molecule has 120 valence electrons. The largest absolute Gasteiger partial charge is 0.487 e. The van der Waals surface area contributed by atoms with Gasteiger partial charge in [-0.2, -0.15) is 0 Å². The molecule has 6 heteroatoms. The molecule has 2 aromatic rings. The van der Waals surface area contributed by atoms with Crippen LogP contribution in [-0.4, -0.2) is 17.6 Å². The summed E-state index contributed by atoms with van der Waals surface area (Å²) in [5, 5.41) is 2.64. The first-order chi connectivity index (χ1) is 11.0. The second-order valence-corrected chi connectivity index (χ2v) is 5.18. The van der Waals surface area contributed by atoms with Gasteiger partial charge in [0.25, 0.3) is 5.91 Å². The Labute approximate surface area is 138 Å². The molecule has 0 radical (unpaired) electrons. The van der Waals surface area contributed by atoms with Gasteiger partial charge in [-0.1, -0.05) is 18.2 Å². The molecule has 0 saturated carbocycles. The fourth-order valence-electron chi connectivity index (χ4n) is 1.98. The smallest absolute Gasteiger partial charge is 0.255 e. The Morgan fingerprint density at radius 3 is 2.52 bits per heavy atom. The van der Waals surface area contributed by atoms with E-state index in [0.29, 0.717) is 12.2 Å². The fraction of sp³-hybridized carbons (Fsp3) is 0.176. The van der Waals surface area contributed by atoms with E-state index in [1.807, 2.05) is 0 Å². The zero-order chi connectivity index (χ0) is 16.8. The molecule has 0 atom stereocenters. The highest BCUT2D eigenvalue weighted by Crippen LogP contribution is 2.21. The highest BCUT2D eigenvalue weighted by molar-refractivity contribution is 7.80. The molecule has 2 aromatic carbocycles. The second-order valence-electron chi connectivity index (χ2n) is 4.73. The van der Waals surface area contributed by atoms with Crippen LogP contribution >= 0.6 is 12.2 Å². The average Bonchev–Trinajstić information content (AvgIpc) is 2.53. The molecule has 1 amide bonds. The van der Waals surface area contributed by atoms with Gasteiger partial charge in [0.15, 0.2) is 5.05 Å². The first-order valence-electron chi connectivity index (χ1n) is 7.01. The predicted molar refractivity (Wildman–Crippen MR) is 88.7 cm³/mol. The molecule has 0 aromatic heterocycles. The van der Waals surface area contributed by atoms with Crippen LogP contribution in [0.2, 0.25) is 0 Å². The highest BCUT2D eigenvalue weighted by Gasteiger charge is 2.14. The first kappa shape index (κ1) is 17.0. The van der Waals surface area contributed by atoms with E-state index in [-0.39, 0.29) is 22.7 Å². The van der Waals surface area contributed by atoms with Gasteiger partial charge in [0.1, 0.15) is 11.6 Å². The third-order valence-corrected chi connectivity index (χ3v) is 3.32. The lowest BCUT2D eigenvalue weighted by Crippen LogP contribution is -2.14. The summed E-state index contributed by atoms with van der Waals surface area (Å²) in [6.07, 6.45) is 0.0312. The van der Waals surface area contributed by atoms with Crippen molar-refractivity contribution in [2.45, 2.75) is 13.3 Å². The normalized spacial score (nSPS) is 10.2. The topological polar surface area (TPSA) is 38.3 Å².